The number of H-pyrrole nitrogens is 1. The summed E-state index contributed by atoms with van der Waals surface area (Å²) in [5.41, 5.74) is 6.42. The number of aryl methyl sites for hydroxylation is 1. The molecule has 0 bridgehead atoms. The molecule has 0 radical (unpaired) electrons. The average Bonchev–Trinajstić information content (AvgIpc) is 3.10. The van der Waals surface area contributed by atoms with Crippen molar-refractivity contribution in [3.05, 3.63) is 47.8 Å². The van der Waals surface area contributed by atoms with Crippen molar-refractivity contribution in [3.63, 3.8) is 0 Å². The minimum absolute atomic E-state index is 0.270. The van der Waals surface area contributed by atoms with Crippen molar-refractivity contribution in [1.29, 1.82) is 0 Å². The van der Waals surface area contributed by atoms with E-state index in [2.05, 4.69) is 15.2 Å². The fourth-order valence-electron chi connectivity index (χ4n) is 3.76. The minimum Gasteiger partial charge on any atom is -0.508 e. The summed E-state index contributed by atoms with van der Waals surface area (Å²) in [4.78, 5) is 9.45. The van der Waals surface area contributed by atoms with Crippen molar-refractivity contribution >= 4 is 21.9 Å². The normalized spacial score (nSPS) is 14.2. The molecule has 3 aromatic heterocycles. The van der Waals surface area contributed by atoms with Crippen molar-refractivity contribution in [3.8, 4) is 17.0 Å². The van der Waals surface area contributed by atoms with Crippen LogP contribution in [-0.4, -0.2) is 25.3 Å². The molecule has 1 aliphatic carbocycles. The van der Waals surface area contributed by atoms with Crippen molar-refractivity contribution in [2.45, 2.75) is 25.7 Å². The van der Waals surface area contributed by atoms with Gasteiger partial charge in [0.1, 0.15) is 5.75 Å². The topological polar surface area (TPSA) is 74.7 Å². The van der Waals surface area contributed by atoms with Gasteiger partial charge in [0.05, 0.1) is 23.6 Å². The molecule has 0 fully saturated rings. The van der Waals surface area contributed by atoms with E-state index < -0.39 is 0 Å². The highest BCUT2D eigenvalue weighted by molar-refractivity contribution is 6.05. The van der Waals surface area contributed by atoms with Crippen LogP contribution in [0.25, 0.3) is 33.2 Å². The Balaban J connectivity index is 1.88. The maximum absolute atomic E-state index is 9.57. The summed E-state index contributed by atoms with van der Waals surface area (Å²) in [6.07, 6.45) is 8.12. The third-order valence-electron chi connectivity index (χ3n) is 4.89. The first-order valence-corrected chi connectivity index (χ1v) is 8.24. The van der Waals surface area contributed by atoms with Crippen molar-refractivity contribution in [1.82, 2.24) is 20.2 Å². The maximum Gasteiger partial charge on any atom is 0.160 e. The molecule has 3 heterocycles. The van der Waals surface area contributed by atoms with Gasteiger partial charge >= 0.3 is 0 Å². The quantitative estimate of drug-likeness (QED) is 0.561. The van der Waals surface area contributed by atoms with Crippen LogP contribution in [0.4, 0.5) is 0 Å². The lowest BCUT2D eigenvalue weighted by Gasteiger charge is -2.21. The van der Waals surface area contributed by atoms with Gasteiger partial charge in [0, 0.05) is 16.3 Å². The SMILES string of the molecule is Oc1ccc(-c2nc3ncc4[nH]ncc4c3c3c2CCCC3)cc1. The molecule has 5 heteroatoms. The number of nitrogens with zero attached hydrogens (tertiary/aromatic N) is 3. The lowest BCUT2D eigenvalue weighted by Crippen LogP contribution is -2.08. The van der Waals surface area contributed by atoms with Gasteiger partial charge in [-0.3, -0.25) is 5.10 Å². The first-order valence-electron chi connectivity index (χ1n) is 8.24. The average molecular weight is 316 g/mol. The van der Waals surface area contributed by atoms with Crippen LogP contribution in [0.15, 0.2) is 36.7 Å². The fourth-order valence-corrected chi connectivity index (χ4v) is 3.76. The Morgan fingerprint density at radius 1 is 0.958 bits per heavy atom. The Hall–Kier alpha value is -2.95. The Kier molecular flexibility index (Phi) is 2.82. The molecule has 1 aromatic carbocycles. The van der Waals surface area contributed by atoms with Gasteiger partial charge in [-0.1, -0.05) is 0 Å². The van der Waals surface area contributed by atoms with E-state index in [1.165, 1.54) is 24.0 Å². The fraction of sp³-hybridized carbons (Fsp3) is 0.211. The molecule has 0 saturated heterocycles. The van der Waals surface area contributed by atoms with Gasteiger partial charge in [0.25, 0.3) is 0 Å². The van der Waals surface area contributed by atoms with E-state index in [0.717, 1.165) is 46.0 Å². The van der Waals surface area contributed by atoms with Gasteiger partial charge in [-0.15, -0.1) is 0 Å². The molecule has 0 saturated carbocycles. The predicted octanol–water partition coefficient (Wildman–Crippen LogP) is 3.76. The Bertz CT molecular complexity index is 1070. The van der Waals surface area contributed by atoms with Crippen LogP contribution in [-0.2, 0) is 12.8 Å². The molecule has 0 aliphatic heterocycles. The molecule has 1 aliphatic rings. The number of phenols is 1. The van der Waals surface area contributed by atoms with Crippen molar-refractivity contribution < 1.29 is 5.11 Å². The van der Waals surface area contributed by atoms with Crippen molar-refractivity contribution in [2.24, 2.45) is 0 Å². The van der Waals surface area contributed by atoms with Gasteiger partial charge in [-0.05, 0) is 61.1 Å². The molecule has 118 valence electrons. The third kappa shape index (κ3) is 1.91. The monoisotopic (exact) mass is 316 g/mol. The molecule has 0 unspecified atom stereocenters. The number of hydrogen-bond donors (Lipinski definition) is 2. The summed E-state index contributed by atoms with van der Waals surface area (Å²) in [5.74, 6) is 0.270. The molecular formula is C19H16N4O. The van der Waals surface area contributed by atoms with Crippen LogP contribution in [0.3, 0.4) is 0 Å². The number of aromatic amines is 1. The molecule has 0 spiro atoms. The van der Waals surface area contributed by atoms with E-state index in [1.807, 2.05) is 18.3 Å². The Morgan fingerprint density at radius 3 is 2.58 bits per heavy atom. The molecule has 5 nitrogen and oxygen atoms in total. The van der Waals surface area contributed by atoms with Crippen LogP contribution in [0, 0.1) is 0 Å². The number of pyridine rings is 2. The van der Waals surface area contributed by atoms with Crippen LogP contribution in [0.1, 0.15) is 24.0 Å². The lowest BCUT2D eigenvalue weighted by atomic mass is 9.86. The summed E-state index contributed by atoms with van der Waals surface area (Å²) < 4.78 is 0. The number of hydrogen-bond acceptors (Lipinski definition) is 4. The first-order chi connectivity index (χ1) is 11.8. The highest BCUT2D eigenvalue weighted by atomic mass is 16.3. The Labute approximate surface area is 138 Å². The molecular weight excluding hydrogens is 300 g/mol. The highest BCUT2D eigenvalue weighted by Crippen LogP contribution is 2.37. The molecule has 4 aromatic rings. The highest BCUT2D eigenvalue weighted by Gasteiger charge is 2.21. The number of aromatic nitrogens is 4. The second-order valence-electron chi connectivity index (χ2n) is 6.33. The van der Waals surface area contributed by atoms with Gasteiger partial charge < -0.3 is 5.11 Å². The minimum atomic E-state index is 0.270. The smallest absolute Gasteiger partial charge is 0.160 e. The largest absolute Gasteiger partial charge is 0.508 e. The van der Waals surface area contributed by atoms with Crippen LogP contribution in [0.2, 0.25) is 0 Å². The second kappa shape index (κ2) is 5.03. The predicted molar refractivity (Wildman–Crippen MR) is 92.9 cm³/mol. The zero-order valence-electron chi connectivity index (χ0n) is 13.1. The van der Waals surface area contributed by atoms with Gasteiger partial charge in [0.15, 0.2) is 5.65 Å². The molecule has 0 amide bonds. The van der Waals surface area contributed by atoms with E-state index >= 15 is 0 Å². The second-order valence-corrected chi connectivity index (χ2v) is 6.33. The van der Waals surface area contributed by atoms with E-state index in [-0.39, 0.29) is 5.75 Å². The number of benzene rings is 1. The van der Waals surface area contributed by atoms with E-state index in [1.54, 1.807) is 18.3 Å². The first kappa shape index (κ1) is 13.5. The molecule has 2 N–H and O–H groups in total. The number of phenolic OH excluding ortho intramolecular Hbond substituents is 1. The molecule has 5 rings (SSSR count). The zero-order valence-corrected chi connectivity index (χ0v) is 13.1. The van der Waals surface area contributed by atoms with Crippen LogP contribution >= 0.6 is 0 Å². The van der Waals surface area contributed by atoms with Crippen LogP contribution < -0.4 is 0 Å². The zero-order chi connectivity index (χ0) is 16.1. The standard InChI is InChI=1S/C19H16N4O/c24-12-7-5-11(6-8-12)18-14-4-2-1-3-13(14)17-15-9-21-23-16(15)10-20-19(17)22-18/h5-10,24H,1-4H2,(H,21,23). The van der Waals surface area contributed by atoms with E-state index in [4.69, 9.17) is 4.98 Å². The third-order valence-corrected chi connectivity index (χ3v) is 4.89. The van der Waals surface area contributed by atoms with Crippen molar-refractivity contribution in [2.75, 3.05) is 0 Å². The van der Waals surface area contributed by atoms with Gasteiger partial charge in [-0.2, -0.15) is 5.10 Å². The number of fused-ring (bicyclic) bond motifs is 5. The number of rotatable bonds is 1. The molecule has 0 atom stereocenters. The van der Waals surface area contributed by atoms with Crippen LogP contribution in [0.5, 0.6) is 5.75 Å². The summed E-state index contributed by atoms with van der Waals surface area (Å²) in [6.45, 7) is 0. The van der Waals surface area contributed by atoms with Gasteiger partial charge in [0.2, 0.25) is 0 Å². The van der Waals surface area contributed by atoms with Gasteiger partial charge in [-0.25, -0.2) is 9.97 Å². The summed E-state index contributed by atoms with van der Waals surface area (Å²) in [6, 6.07) is 7.27. The van der Waals surface area contributed by atoms with E-state index in [9.17, 15) is 5.11 Å². The summed E-state index contributed by atoms with van der Waals surface area (Å²) >= 11 is 0. The molecule has 24 heavy (non-hydrogen) atoms. The Morgan fingerprint density at radius 2 is 1.75 bits per heavy atom. The lowest BCUT2D eigenvalue weighted by molar-refractivity contribution is 0.475. The number of aromatic hydroxyl groups is 1. The number of nitrogens with one attached hydrogen (secondary N) is 1. The van der Waals surface area contributed by atoms with E-state index in [0.29, 0.717) is 0 Å². The maximum atomic E-state index is 9.57. The summed E-state index contributed by atoms with van der Waals surface area (Å²) in [5, 5.41) is 19.0. The summed E-state index contributed by atoms with van der Waals surface area (Å²) in [7, 11) is 0.